The number of rotatable bonds is 29. The van der Waals surface area contributed by atoms with Crippen LogP contribution in [-0.2, 0) is 80.0 Å². The van der Waals surface area contributed by atoms with E-state index in [4.69, 9.17) is 75.8 Å². The summed E-state index contributed by atoms with van der Waals surface area (Å²) in [6.07, 6.45) is 5.32. The van der Waals surface area contributed by atoms with Gasteiger partial charge in [-0.05, 0) is 172 Å². The van der Waals surface area contributed by atoms with Crippen molar-refractivity contribution in [3.63, 3.8) is 0 Å². The molecule has 5 aliphatic carbocycles. The van der Waals surface area contributed by atoms with Crippen LogP contribution in [0.25, 0.3) is 0 Å². The lowest BCUT2D eigenvalue weighted by Crippen LogP contribution is -2.32. The first-order chi connectivity index (χ1) is 45.9. The zero-order valence-corrected chi connectivity index (χ0v) is 57.6. The number of aliphatic hydroxyl groups is 2. The molecule has 6 aliphatic heterocycles. The number of carbonyl (C=O) groups is 2. The molecule has 20 heteroatoms. The van der Waals surface area contributed by atoms with Crippen molar-refractivity contribution in [3.8, 4) is 46.0 Å². The van der Waals surface area contributed by atoms with Gasteiger partial charge in [0.25, 0.3) is 0 Å². The first-order valence-corrected chi connectivity index (χ1v) is 35.0. The van der Waals surface area contributed by atoms with Crippen molar-refractivity contribution < 1.29 is 95.6 Å². The van der Waals surface area contributed by atoms with Crippen LogP contribution in [0.3, 0.4) is 0 Å². The Morgan fingerprint density at radius 3 is 0.885 bits per heavy atom. The molecule has 6 saturated heterocycles. The fraction of sp³-hybridized carbons (Fsp3) is 0.658. The van der Waals surface area contributed by atoms with E-state index in [1.165, 1.54) is 38.9 Å². The zero-order valence-electron chi connectivity index (χ0n) is 57.6. The van der Waals surface area contributed by atoms with E-state index in [1.54, 1.807) is 7.11 Å². The second-order valence-corrected chi connectivity index (χ2v) is 31.4. The Labute approximate surface area is 563 Å². The smallest absolute Gasteiger partial charge is 0.309 e. The molecule has 522 valence electrons. The number of fused-ring (bicyclic) bond motifs is 8. The predicted molar refractivity (Wildman–Crippen MR) is 351 cm³/mol. The monoisotopic (exact) mass is 1330 g/mol. The number of methoxy groups -OCH3 is 1. The lowest BCUT2D eigenvalue weighted by atomic mass is 9.72. The van der Waals surface area contributed by atoms with Crippen molar-refractivity contribution in [2.45, 2.75) is 201 Å². The van der Waals surface area contributed by atoms with Crippen LogP contribution in [0.2, 0.25) is 0 Å². The lowest BCUT2D eigenvalue weighted by molar-refractivity contribution is -0.158. The second-order valence-electron chi connectivity index (χ2n) is 31.4. The van der Waals surface area contributed by atoms with Gasteiger partial charge >= 0.3 is 11.9 Å². The van der Waals surface area contributed by atoms with Gasteiger partial charge in [-0.1, -0.05) is 62.3 Å². The fourth-order valence-corrected chi connectivity index (χ4v) is 16.2. The molecule has 7 fully saturated rings. The van der Waals surface area contributed by atoms with E-state index in [2.05, 4.69) is 104 Å². The maximum absolute atomic E-state index is 13.0. The summed E-state index contributed by atoms with van der Waals surface area (Å²) >= 11 is 0. The molecular formula is C76H98O20. The molecule has 0 aromatic heterocycles. The third-order valence-corrected chi connectivity index (χ3v) is 21.6. The third kappa shape index (κ3) is 14.4. The van der Waals surface area contributed by atoms with E-state index >= 15 is 0 Å². The highest BCUT2D eigenvalue weighted by Gasteiger charge is 2.59. The van der Waals surface area contributed by atoms with Crippen LogP contribution < -0.4 is 37.9 Å². The Morgan fingerprint density at radius 1 is 0.385 bits per heavy atom. The van der Waals surface area contributed by atoms with Gasteiger partial charge in [-0.15, -0.1) is 0 Å². The number of benzene rings is 4. The van der Waals surface area contributed by atoms with Gasteiger partial charge < -0.3 is 86.0 Å². The molecule has 0 bridgehead atoms. The average molecular weight is 1330 g/mol. The topological polar surface area (TPSA) is 242 Å². The molecule has 4 aromatic carbocycles. The number of carbonyl (C=O) groups excluding carboxylic acids is 2. The van der Waals surface area contributed by atoms with Crippen LogP contribution in [0.1, 0.15) is 165 Å². The molecule has 15 rings (SSSR count). The minimum Gasteiger partial charge on any atom is -0.493 e. The second kappa shape index (κ2) is 26.2. The molecule has 0 radical (unpaired) electrons. The van der Waals surface area contributed by atoms with E-state index in [0.717, 1.165) is 79.8 Å². The van der Waals surface area contributed by atoms with E-state index in [-0.39, 0.29) is 107 Å². The van der Waals surface area contributed by atoms with Crippen LogP contribution in [0.5, 0.6) is 46.0 Å². The summed E-state index contributed by atoms with van der Waals surface area (Å²) in [7, 11) is 1.72. The standard InChI is InChI=1S/C45H60O13.C31H38O7/c1-6-28(46)15-57-41(48)26-7-9-27(10-8-26)42(49)58-17-29(47)16-53-37-11-33-35(13-39(37)55-22-31-19-51-31)45(24-43(33,2)3)25-44(4,5)34-12-38(54-21-30-18-50-30)40(14-36(34)45)56-23-32-20-52-32;1-29(2)16-31(23-8-25(32-5)26(6-21(23)29)36-13-18-10-33-18)17-30(3,4)22-7-27(37-14-19-11-34-19)28(9-24(22)31)38-15-20-12-35-20/h11-14,26-32,46-47H,6-10,15-25H2,1-5H3;6-9,18-20H,10-17H2,1-5H3. The molecular weight excluding hydrogens is 1230 g/mol. The zero-order chi connectivity index (χ0) is 67.1. The summed E-state index contributed by atoms with van der Waals surface area (Å²) in [4.78, 5) is 25.4. The number of hydrogen-bond donors (Lipinski definition) is 2. The van der Waals surface area contributed by atoms with Crippen LogP contribution in [0.15, 0.2) is 48.5 Å². The van der Waals surface area contributed by atoms with Crippen molar-refractivity contribution in [1.29, 1.82) is 0 Å². The number of hydrogen-bond acceptors (Lipinski definition) is 20. The van der Waals surface area contributed by atoms with E-state index < -0.39 is 18.2 Å². The van der Waals surface area contributed by atoms with Crippen molar-refractivity contribution in [2.75, 3.05) is 106 Å². The van der Waals surface area contributed by atoms with E-state index in [1.807, 2.05) is 6.92 Å². The Bertz CT molecular complexity index is 3520. The first kappa shape index (κ1) is 67.1. The Kier molecular flexibility index (Phi) is 18.3. The van der Waals surface area contributed by atoms with Crippen LogP contribution >= 0.6 is 0 Å². The molecule has 10 unspecified atom stereocenters. The number of aliphatic hydroxyl groups excluding tert-OH is 2. The molecule has 0 amide bonds. The highest BCUT2D eigenvalue weighted by Crippen LogP contribution is 2.67. The van der Waals surface area contributed by atoms with Crippen molar-refractivity contribution in [1.82, 2.24) is 0 Å². The van der Waals surface area contributed by atoms with E-state index in [9.17, 15) is 19.8 Å². The highest BCUT2D eigenvalue weighted by molar-refractivity contribution is 5.75. The summed E-state index contributed by atoms with van der Waals surface area (Å²) in [6, 6.07) is 17.5. The van der Waals surface area contributed by atoms with Crippen LogP contribution in [0.4, 0.5) is 0 Å². The van der Waals surface area contributed by atoms with Gasteiger partial charge in [0.15, 0.2) is 46.0 Å². The maximum atomic E-state index is 13.0. The molecule has 4 aromatic rings. The number of ether oxygens (including phenoxy) is 16. The van der Waals surface area contributed by atoms with Gasteiger partial charge in [0, 0.05) is 10.8 Å². The normalized spacial score (nSPS) is 29.7. The SMILES string of the molecule is CCC(O)COC(=O)C1CCC(C(=O)OCC(O)COc2cc3c(cc2OCC2CO2)C2(CC3(C)C)CC(C)(C)c3cc(OCC4CO4)c(OCC4CO4)cc32)CC1.COc1cc2c(cc1OCC1CO1)C(C)(C)CC21CC(C)(C)c2cc(OCC3CO3)c(OCC3CO3)cc21. The minimum absolute atomic E-state index is 0.0154. The third-order valence-electron chi connectivity index (χ3n) is 21.6. The average Bonchev–Trinajstić information content (AvgIpc) is 1.53. The van der Waals surface area contributed by atoms with Gasteiger partial charge in [0.2, 0.25) is 0 Å². The van der Waals surface area contributed by atoms with E-state index in [0.29, 0.717) is 109 Å². The Morgan fingerprint density at radius 2 is 0.625 bits per heavy atom. The molecule has 6 heterocycles. The molecule has 2 spiro atoms. The molecule has 11 aliphatic rings. The Balaban J connectivity index is 0.000000179. The van der Waals surface area contributed by atoms with Crippen molar-refractivity contribution in [2.24, 2.45) is 11.8 Å². The van der Waals surface area contributed by atoms with Gasteiger partial charge in [-0.3, -0.25) is 9.59 Å². The summed E-state index contributed by atoms with van der Waals surface area (Å²) < 4.78 is 93.4. The lowest BCUT2D eigenvalue weighted by Gasteiger charge is -2.31. The molecule has 1 saturated carbocycles. The minimum atomic E-state index is -1.07. The van der Waals surface area contributed by atoms with Crippen LogP contribution in [-0.4, -0.2) is 177 Å². The summed E-state index contributed by atoms with van der Waals surface area (Å²) in [6.45, 7) is 27.3. The molecule has 20 nitrogen and oxygen atoms in total. The molecule has 96 heavy (non-hydrogen) atoms. The van der Waals surface area contributed by atoms with Crippen LogP contribution in [0, 0.1) is 11.8 Å². The summed E-state index contributed by atoms with van der Waals surface area (Å²) in [5, 5.41) is 20.7. The van der Waals surface area contributed by atoms with Gasteiger partial charge in [-0.25, -0.2) is 0 Å². The van der Waals surface area contributed by atoms with Gasteiger partial charge in [-0.2, -0.15) is 0 Å². The largest absolute Gasteiger partial charge is 0.493 e. The highest BCUT2D eigenvalue weighted by atomic mass is 16.6. The first-order valence-electron chi connectivity index (χ1n) is 35.0. The van der Waals surface area contributed by atoms with Crippen molar-refractivity contribution >= 4 is 11.9 Å². The molecule has 2 N–H and O–H groups in total. The maximum Gasteiger partial charge on any atom is 0.309 e. The molecule has 10 atom stereocenters. The Hall–Kier alpha value is -6.10. The number of epoxide rings is 6. The van der Waals surface area contributed by atoms with Gasteiger partial charge in [0.05, 0.1) is 64.7 Å². The summed E-state index contributed by atoms with van der Waals surface area (Å²) in [5.41, 5.74) is 9.18. The summed E-state index contributed by atoms with van der Waals surface area (Å²) in [5.74, 6) is 4.32. The predicted octanol–water partition coefficient (Wildman–Crippen LogP) is 9.75. The quantitative estimate of drug-likeness (QED) is 0.0379. The fourth-order valence-electron chi connectivity index (χ4n) is 16.2. The number of esters is 2. The van der Waals surface area contributed by atoms with Crippen molar-refractivity contribution in [3.05, 3.63) is 93.0 Å². The van der Waals surface area contributed by atoms with Gasteiger partial charge in [0.1, 0.15) is 102 Å².